The first kappa shape index (κ1) is 37.4. The second-order valence-electron chi connectivity index (χ2n) is 19.1. The lowest BCUT2D eigenvalue weighted by molar-refractivity contribution is 0.626. The van der Waals surface area contributed by atoms with E-state index < -0.39 is 0 Å². The average molecular weight is 844 g/mol. The number of anilines is 3. The van der Waals surface area contributed by atoms with Gasteiger partial charge in [-0.2, -0.15) is 0 Å². The maximum absolute atomic E-state index is 6.77. The molecule has 2 nitrogen and oxygen atoms in total. The quantitative estimate of drug-likeness (QED) is 0.172. The summed E-state index contributed by atoms with van der Waals surface area (Å²) < 4.78 is 6.77. The van der Waals surface area contributed by atoms with Crippen LogP contribution in [0, 0.1) is 0 Å². The molecule has 1 aromatic heterocycles. The minimum Gasteiger partial charge on any atom is -0.455 e. The average Bonchev–Trinajstić information content (AvgIpc) is 4.10. The zero-order valence-electron chi connectivity index (χ0n) is 37.0. The first-order chi connectivity index (χ1) is 32.5. The van der Waals surface area contributed by atoms with Gasteiger partial charge < -0.3 is 9.32 Å². The van der Waals surface area contributed by atoms with Crippen LogP contribution in [0.15, 0.2) is 217 Å². The van der Waals surface area contributed by atoms with Crippen LogP contribution in [-0.2, 0) is 17.3 Å². The minimum atomic E-state index is -0.213. The van der Waals surface area contributed by atoms with E-state index in [1.807, 2.05) is 0 Å². The predicted octanol–water partition coefficient (Wildman–Crippen LogP) is 17.1. The Bertz CT molecular complexity index is 3810. The Balaban J connectivity index is 0.988. The molecule has 1 spiro atoms. The SMILES string of the molecule is CC1(C)c2ccccc2-c2cccc(-c3ccc(N(c4ccc5c(c4)C4(CCc6ccccc64)c4ccccc4-5)c4ccccc4-c4cccc5oc6c7ccccc7ccc6c45)cc3)c21. The predicted molar refractivity (Wildman–Crippen MR) is 274 cm³/mol. The van der Waals surface area contributed by atoms with Crippen LogP contribution in [-0.4, -0.2) is 0 Å². The molecule has 11 aromatic rings. The molecule has 14 rings (SSSR count). The lowest BCUT2D eigenvalue weighted by Crippen LogP contribution is -2.24. The van der Waals surface area contributed by atoms with Crippen LogP contribution in [0.25, 0.3) is 77.2 Å². The minimum absolute atomic E-state index is 0.118. The molecule has 0 saturated heterocycles. The zero-order valence-corrected chi connectivity index (χ0v) is 37.0. The molecule has 0 saturated carbocycles. The molecule has 1 atom stereocenters. The van der Waals surface area contributed by atoms with Crippen molar-refractivity contribution < 1.29 is 4.42 Å². The van der Waals surface area contributed by atoms with Crippen molar-refractivity contribution in [1.82, 2.24) is 0 Å². The van der Waals surface area contributed by atoms with E-state index in [2.05, 4.69) is 231 Å². The highest BCUT2D eigenvalue weighted by atomic mass is 16.3. The molecule has 10 aromatic carbocycles. The summed E-state index contributed by atoms with van der Waals surface area (Å²) in [4.78, 5) is 2.50. The molecule has 0 bridgehead atoms. The smallest absolute Gasteiger partial charge is 0.143 e. The second-order valence-corrected chi connectivity index (χ2v) is 19.1. The van der Waals surface area contributed by atoms with Crippen LogP contribution < -0.4 is 4.90 Å². The van der Waals surface area contributed by atoms with E-state index in [9.17, 15) is 0 Å². The number of hydrogen-bond acceptors (Lipinski definition) is 2. The first-order valence-corrected chi connectivity index (χ1v) is 23.4. The Morgan fingerprint density at radius 2 is 1.08 bits per heavy atom. The van der Waals surface area contributed by atoms with Crippen LogP contribution in [0.4, 0.5) is 17.1 Å². The maximum atomic E-state index is 6.77. The summed E-state index contributed by atoms with van der Waals surface area (Å²) in [6.45, 7) is 4.75. The van der Waals surface area contributed by atoms with Crippen LogP contribution in [0.5, 0.6) is 0 Å². The number of nitrogens with zero attached hydrogens (tertiary/aromatic N) is 1. The molecule has 0 N–H and O–H groups in total. The summed E-state index contributed by atoms with van der Waals surface area (Å²) in [6, 6.07) is 79.1. The van der Waals surface area contributed by atoms with E-state index in [1.165, 1.54) is 72.1 Å². The molecule has 3 aliphatic rings. The molecular formula is C64H45NO. The van der Waals surface area contributed by atoms with Gasteiger partial charge in [0.1, 0.15) is 11.2 Å². The van der Waals surface area contributed by atoms with E-state index in [1.54, 1.807) is 0 Å². The van der Waals surface area contributed by atoms with Crippen molar-refractivity contribution in [2.75, 3.05) is 4.90 Å². The van der Waals surface area contributed by atoms with E-state index in [-0.39, 0.29) is 10.8 Å². The van der Waals surface area contributed by atoms with Gasteiger partial charge in [-0.25, -0.2) is 0 Å². The van der Waals surface area contributed by atoms with E-state index in [0.717, 1.165) is 68.4 Å². The maximum Gasteiger partial charge on any atom is 0.143 e. The van der Waals surface area contributed by atoms with E-state index in [4.69, 9.17) is 4.42 Å². The highest BCUT2D eigenvalue weighted by Gasteiger charge is 2.48. The highest BCUT2D eigenvalue weighted by molar-refractivity contribution is 6.19. The molecule has 2 heteroatoms. The summed E-state index contributed by atoms with van der Waals surface area (Å²) in [7, 11) is 0. The van der Waals surface area contributed by atoms with Gasteiger partial charge in [0, 0.05) is 43.9 Å². The third kappa shape index (κ3) is 5.07. The zero-order chi connectivity index (χ0) is 43.7. The first-order valence-electron chi connectivity index (χ1n) is 23.4. The number of aryl methyl sites for hydroxylation is 1. The fraction of sp³-hybridized carbons (Fsp3) is 0.0938. The number of hydrogen-bond donors (Lipinski definition) is 0. The molecule has 0 fully saturated rings. The number of fused-ring (bicyclic) bond motifs is 15. The molecular weight excluding hydrogens is 799 g/mol. The van der Waals surface area contributed by atoms with Gasteiger partial charge in [-0.15, -0.1) is 0 Å². The molecule has 0 aliphatic heterocycles. The van der Waals surface area contributed by atoms with Gasteiger partial charge in [0.15, 0.2) is 0 Å². The molecule has 3 aliphatic carbocycles. The number of rotatable bonds is 5. The van der Waals surface area contributed by atoms with Crippen molar-refractivity contribution in [3.8, 4) is 44.5 Å². The largest absolute Gasteiger partial charge is 0.455 e. The number of benzene rings is 10. The van der Waals surface area contributed by atoms with Crippen molar-refractivity contribution in [3.05, 3.63) is 246 Å². The van der Waals surface area contributed by atoms with Crippen molar-refractivity contribution in [2.45, 2.75) is 37.5 Å². The van der Waals surface area contributed by atoms with Crippen LogP contribution in [0.3, 0.4) is 0 Å². The molecule has 66 heavy (non-hydrogen) atoms. The molecule has 1 unspecified atom stereocenters. The van der Waals surface area contributed by atoms with Gasteiger partial charge in [-0.05, 0) is 133 Å². The summed E-state index contributed by atoms with van der Waals surface area (Å²) in [6.07, 6.45) is 2.11. The van der Waals surface area contributed by atoms with Crippen LogP contribution in [0.2, 0.25) is 0 Å². The Hall–Kier alpha value is -7.94. The van der Waals surface area contributed by atoms with Crippen LogP contribution >= 0.6 is 0 Å². The van der Waals surface area contributed by atoms with Gasteiger partial charge in [-0.3, -0.25) is 0 Å². The van der Waals surface area contributed by atoms with Crippen LogP contribution in [0.1, 0.15) is 53.6 Å². The Labute approximate surface area is 385 Å². The van der Waals surface area contributed by atoms with Gasteiger partial charge in [0.2, 0.25) is 0 Å². The second kappa shape index (κ2) is 13.8. The van der Waals surface area contributed by atoms with Crippen molar-refractivity contribution in [1.29, 1.82) is 0 Å². The topological polar surface area (TPSA) is 16.4 Å². The van der Waals surface area contributed by atoms with Gasteiger partial charge >= 0.3 is 0 Å². The monoisotopic (exact) mass is 843 g/mol. The standard InChI is InChI=1S/C64H45NO/c1-63(2)55-25-10-6-19-48(55)52-23-13-21-45(61(52)63)41-29-32-43(33-30-41)65(44-34-36-49-47-18-7-11-26-56(47)64(57(49)39-44)38-37-42-16-4-9-24-54(42)64)58-27-12-8-20-50(58)51-22-14-28-59-60(51)53-35-31-40-15-3-5-17-46(40)62(53)66-59/h3-36,39H,37-38H2,1-2H3. The Morgan fingerprint density at radius 1 is 0.439 bits per heavy atom. The lowest BCUT2D eigenvalue weighted by atomic mass is 9.73. The van der Waals surface area contributed by atoms with Crippen molar-refractivity contribution in [3.63, 3.8) is 0 Å². The molecule has 1 heterocycles. The van der Waals surface area contributed by atoms with Gasteiger partial charge in [0.05, 0.1) is 5.69 Å². The summed E-state index contributed by atoms with van der Waals surface area (Å²) in [5, 5.41) is 4.57. The molecule has 0 amide bonds. The lowest BCUT2D eigenvalue weighted by Gasteiger charge is -2.32. The normalized spacial score (nSPS) is 16.1. The third-order valence-corrected chi connectivity index (χ3v) is 15.5. The third-order valence-electron chi connectivity index (χ3n) is 15.5. The summed E-state index contributed by atoms with van der Waals surface area (Å²) in [5.41, 5.74) is 23.5. The molecule has 312 valence electrons. The van der Waals surface area contributed by atoms with Gasteiger partial charge in [0.25, 0.3) is 0 Å². The Kier molecular flexibility index (Phi) is 7.82. The highest BCUT2D eigenvalue weighted by Crippen LogP contribution is 2.60. The molecule has 0 radical (unpaired) electrons. The van der Waals surface area contributed by atoms with Crippen molar-refractivity contribution in [2.24, 2.45) is 0 Å². The number of para-hydroxylation sites is 1. The number of furan rings is 1. The fourth-order valence-corrected chi connectivity index (χ4v) is 12.6. The van der Waals surface area contributed by atoms with E-state index in [0.29, 0.717) is 0 Å². The summed E-state index contributed by atoms with van der Waals surface area (Å²) in [5.74, 6) is 0. The summed E-state index contributed by atoms with van der Waals surface area (Å²) >= 11 is 0. The Morgan fingerprint density at radius 3 is 1.94 bits per heavy atom. The van der Waals surface area contributed by atoms with Gasteiger partial charge in [-0.1, -0.05) is 184 Å². The van der Waals surface area contributed by atoms with Crippen molar-refractivity contribution >= 4 is 49.8 Å². The van der Waals surface area contributed by atoms with E-state index >= 15 is 0 Å². The fourth-order valence-electron chi connectivity index (χ4n) is 12.6.